The molecule has 2 amide bonds. The van der Waals surface area contributed by atoms with Crippen LogP contribution in [0.1, 0.15) is 64.5 Å². The summed E-state index contributed by atoms with van der Waals surface area (Å²) in [5.41, 5.74) is 9.15. The second kappa shape index (κ2) is 7.52. The topological polar surface area (TPSA) is 90.5 Å². The molecule has 2 aromatic rings. The third-order valence-corrected chi connectivity index (χ3v) is 4.90. The van der Waals surface area contributed by atoms with Gasteiger partial charge in [0.15, 0.2) is 0 Å². The van der Waals surface area contributed by atoms with Gasteiger partial charge in [0.2, 0.25) is 5.91 Å². The third kappa shape index (κ3) is 3.73. The summed E-state index contributed by atoms with van der Waals surface area (Å²) in [6.07, 6.45) is 0.622. The molecule has 7 nitrogen and oxygen atoms in total. The summed E-state index contributed by atoms with van der Waals surface area (Å²) in [6, 6.07) is 6.98. The highest BCUT2D eigenvalue weighted by molar-refractivity contribution is 5.94. The molecule has 27 heavy (non-hydrogen) atoms. The van der Waals surface area contributed by atoms with Gasteiger partial charge >= 0.3 is 0 Å². The maximum absolute atomic E-state index is 13.2. The van der Waals surface area contributed by atoms with Gasteiger partial charge in [-0.1, -0.05) is 12.1 Å². The van der Waals surface area contributed by atoms with Crippen molar-refractivity contribution in [2.45, 2.75) is 52.5 Å². The molecule has 0 spiro atoms. The van der Waals surface area contributed by atoms with Crippen molar-refractivity contribution >= 4 is 11.8 Å². The molecule has 3 rings (SSSR count). The first-order valence-corrected chi connectivity index (χ1v) is 9.21. The van der Waals surface area contributed by atoms with E-state index in [2.05, 4.69) is 5.10 Å². The van der Waals surface area contributed by atoms with Crippen LogP contribution in [0, 0.1) is 0 Å². The summed E-state index contributed by atoms with van der Waals surface area (Å²) in [5.74, 6) is -0.527. The first kappa shape index (κ1) is 19.1. The Morgan fingerprint density at radius 1 is 1.30 bits per heavy atom. The molecule has 0 unspecified atom stereocenters. The number of primary amides is 1. The largest absolute Gasteiger partial charge is 0.369 e. The summed E-state index contributed by atoms with van der Waals surface area (Å²) >= 11 is 0. The van der Waals surface area contributed by atoms with Crippen LogP contribution < -0.4 is 5.73 Å². The zero-order valence-electron chi connectivity index (χ0n) is 16.2. The van der Waals surface area contributed by atoms with Gasteiger partial charge < -0.3 is 15.4 Å². The number of hydrogen-bond acceptors (Lipinski definition) is 4. The SMILES string of the molecule is CCn1nc2c(c1C(=O)N(C)Cc1ccc(C(N)=O)cc1)C[C@H](C)O[C@@H]2C. The Morgan fingerprint density at radius 2 is 1.96 bits per heavy atom. The predicted octanol–water partition coefficient (Wildman–Crippen LogP) is 2.30. The Labute approximate surface area is 159 Å². The number of carbonyl (C=O) groups excluding carboxylic acids is 2. The minimum Gasteiger partial charge on any atom is -0.369 e. The Morgan fingerprint density at radius 3 is 2.56 bits per heavy atom. The maximum Gasteiger partial charge on any atom is 0.272 e. The number of benzene rings is 1. The highest BCUT2D eigenvalue weighted by atomic mass is 16.5. The molecule has 0 saturated heterocycles. The van der Waals surface area contributed by atoms with Crippen molar-refractivity contribution in [3.05, 3.63) is 52.3 Å². The highest BCUT2D eigenvalue weighted by Crippen LogP contribution is 2.32. The van der Waals surface area contributed by atoms with Crippen molar-refractivity contribution in [2.75, 3.05) is 7.05 Å². The lowest BCUT2D eigenvalue weighted by Gasteiger charge is -2.25. The van der Waals surface area contributed by atoms with E-state index in [1.54, 1.807) is 28.8 Å². The molecule has 1 aromatic heterocycles. The summed E-state index contributed by atoms with van der Waals surface area (Å²) in [5, 5.41) is 4.62. The third-order valence-electron chi connectivity index (χ3n) is 4.90. The Hall–Kier alpha value is -2.67. The van der Waals surface area contributed by atoms with Gasteiger partial charge in [-0.05, 0) is 38.5 Å². The highest BCUT2D eigenvalue weighted by Gasteiger charge is 2.32. The second-order valence-electron chi connectivity index (χ2n) is 7.04. The number of aryl methyl sites for hydroxylation is 1. The zero-order chi connectivity index (χ0) is 19.7. The minimum atomic E-state index is -0.463. The normalized spacial score (nSPS) is 18.8. The Bertz CT molecular complexity index is 857. The molecule has 7 heteroatoms. The molecule has 2 heterocycles. The molecule has 0 aliphatic carbocycles. The number of aromatic nitrogens is 2. The molecule has 2 atom stereocenters. The molecule has 1 aliphatic heterocycles. The molecule has 0 saturated carbocycles. The number of nitrogens with zero attached hydrogens (tertiary/aromatic N) is 3. The van der Waals surface area contributed by atoms with E-state index in [-0.39, 0.29) is 18.1 Å². The van der Waals surface area contributed by atoms with E-state index in [1.165, 1.54) is 0 Å². The molecule has 0 bridgehead atoms. The number of hydrogen-bond donors (Lipinski definition) is 1. The second-order valence-corrected chi connectivity index (χ2v) is 7.04. The quantitative estimate of drug-likeness (QED) is 0.874. The van der Waals surface area contributed by atoms with Gasteiger partial charge in [-0.2, -0.15) is 5.10 Å². The average Bonchev–Trinajstić information content (AvgIpc) is 3.00. The van der Waals surface area contributed by atoms with Crippen LogP contribution in [0.25, 0.3) is 0 Å². The lowest BCUT2D eigenvalue weighted by atomic mass is 9.99. The van der Waals surface area contributed by atoms with Crippen LogP contribution in [-0.2, 0) is 24.2 Å². The van der Waals surface area contributed by atoms with Crippen molar-refractivity contribution in [2.24, 2.45) is 5.73 Å². The van der Waals surface area contributed by atoms with Crippen LogP contribution in [-0.4, -0.2) is 39.6 Å². The van der Waals surface area contributed by atoms with E-state index in [0.717, 1.165) is 16.8 Å². The van der Waals surface area contributed by atoms with Crippen LogP contribution in [0.5, 0.6) is 0 Å². The van der Waals surface area contributed by atoms with E-state index in [4.69, 9.17) is 10.5 Å². The number of fused-ring (bicyclic) bond motifs is 1. The van der Waals surface area contributed by atoms with Gasteiger partial charge in [0.05, 0.1) is 17.9 Å². The number of rotatable bonds is 5. The summed E-state index contributed by atoms with van der Waals surface area (Å²) in [7, 11) is 1.77. The fourth-order valence-corrected chi connectivity index (χ4v) is 3.56. The number of nitrogens with two attached hydrogens (primary N) is 1. The van der Waals surface area contributed by atoms with Crippen LogP contribution in [0.2, 0.25) is 0 Å². The first-order valence-electron chi connectivity index (χ1n) is 9.21. The van der Waals surface area contributed by atoms with Crippen LogP contribution >= 0.6 is 0 Å². The fourth-order valence-electron chi connectivity index (χ4n) is 3.56. The fraction of sp³-hybridized carbons (Fsp3) is 0.450. The molecule has 1 aromatic carbocycles. The summed E-state index contributed by atoms with van der Waals surface area (Å²) < 4.78 is 7.63. The standard InChI is InChI=1S/C20H26N4O3/c1-5-24-18(16-10-12(2)27-13(3)17(16)22-24)20(26)23(4)11-14-6-8-15(9-7-14)19(21)25/h6-9,12-13H,5,10-11H2,1-4H3,(H2,21,25)/t12-,13+/m0/s1. The van der Waals surface area contributed by atoms with Gasteiger partial charge in [-0.15, -0.1) is 0 Å². The van der Waals surface area contributed by atoms with Crippen LogP contribution in [0.4, 0.5) is 0 Å². The number of amides is 2. The maximum atomic E-state index is 13.2. The monoisotopic (exact) mass is 370 g/mol. The van der Waals surface area contributed by atoms with Gasteiger partial charge in [-0.3, -0.25) is 14.3 Å². The van der Waals surface area contributed by atoms with Crippen LogP contribution in [0.3, 0.4) is 0 Å². The van der Waals surface area contributed by atoms with Crippen molar-refractivity contribution in [1.29, 1.82) is 0 Å². The van der Waals surface area contributed by atoms with Crippen molar-refractivity contribution in [1.82, 2.24) is 14.7 Å². The molecule has 0 fully saturated rings. The molecule has 2 N–H and O–H groups in total. The smallest absolute Gasteiger partial charge is 0.272 e. The molecular formula is C20H26N4O3. The molecule has 144 valence electrons. The van der Waals surface area contributed by atoms with E-state index < -0.39 is 5.91 Å². The lowest BCUT2D eigenvalue weighted by Crippen LogP contribution is -2.30. The minimum absolute atomic E-state index is 0.0557. The number of carbonyl (C=O) groups is 2. The Balaban J connectivity index is 1.85. The summed E-state index contributed by atoms with van der Waals surface area (Å²) in [4.78, 5) is 26.1. The first-order chi connectivity index (χ1) is 12.8. The molecule has 1 aliphatic rings. The van der Waals surface area contributed by atoms with E-state index in [9.17, 15) is 9.59 Å². The van der Waals surface area contributed by atoms with Gasteiger partial charge in [-0.25, -0.2) is 0 Å². The zero-order valence-corrected chi connectivity index (χ0v) is 16.2. The Kier molecular flexibility index (Phi) is 5.32. The van der Waals surface area contributed by atoms with E-state index in [0.29, 0.717) is 30.8 Å². The van der Waals surface area contributed by atoms with E-state index in [1.807, 2.05) is 32.9 Å². The van der Waals surface area contributed by atoms with Gasteiger partial charge in [0.1, 0.15) is 5.69 Å². The van der Waals surface area contributed by atoms with Crippen molar-refractivity contribution in [3.8, 4) is 0 Å². The average molecular weight is 370 g/mol. The van der Waals surface area contributed by atoms with Gasteiger partial charge in [0, 0.05) is 37.7 Å². The van der Waals surface area contributed by atoms with Gasteiger partial charge in [0.25, 0.3) is 5.91 Å². The lowest BCUT2D eigenvalue weighted by molar-refractivity contribution is -0.00716. The van der Waals surface area contributed by atoms with Crippen molar-refractivity contribution in [3.63, 3.8) is 0 Å². The van der Waals surface area contributed by atoms with Crippen molar-refractivity contribution < 1.29 is 14.3 Å². The predicted molar refractivity (Wildman–Crippen MR) is 101 cm³/mol. The summed E-state index contributed by atoms with van der Waals surface area (Å²) in [6.45, 7) is 7.02. The van der Waals surface area contributed by atoms with Crippen LogP contribution in [0.15, 0.2) is 24.3 Å². The molecular weight excluding hydrogens is 344 g/mol. The molecule has 0 radical (unpaired) electrons. The number of ether oxygens (including phenoxy) is 1. The van der Waals surface area contributed by atoms with E-state index >= 15 is 0 Å².